The molecule has 0 saturated heterocycles. The lowest BCUT2D eigenvalue weighted by Gasteiger charge is -2.29. The van der Waals surface area contributed by atoms with E-state index < -0.39 is 29.7 Å². The molecule has 2 unspecified atom stereocenters. The number of rotatable bonds is 6. The number of esters is 1. The fraction of sp³-hybridized carbons (Fsp3) is 0.308. The Morgan fingerprint density at radius 2 is 1.89 bits per heavy atom. The largest absolute Gasteiger partial charge is 0.497 e. The molecular formula is C26H23F4NO5. The highest BCUT2D eigenvalue weighted by molar-refractivity contribution is 5.72. The second-order valence-electron chi connectivity index (χ2n) is 8.30. The van der Waals surface area contributed by atoms with Gasteiger partial charge < -0.3 is 18.9 Å². The maximum Gasteiger partial charge on any atom is 0.433 e. The van der Waals surface area contributed by atoms with E-state index in [1.165, 1.54) is 38.5 Å². The number of fused-ring (bicyclic) bond motifs is 1. The van der Waals surface area contributed by atoms with Gasteiger partial charge >= 0.3 is 12.1 Å². The molecule has 4 rings (SSSR count). The molecule has 6 nitrogen and oxygen atoms in total. The van der Waals surface area contributed by atoms with Crippen LogP contribution in [0, 0.1) is 11.7 Å². The molecule has 0 aliphatic carbocycles. The van der Waals surface area contributed by atoms with Crippen LogP contribution in [0.4, 0.5) is 17.6 Å². The number of methoxy groups -OCH3 is 2. The van der Waals surface area contributed by atoms with Crippen LogP contribution in [-0.2, 0) is 22.1 Å². The Kier molecular flexibility index (Phi) is 7.05. The van der Waals surface area contributed by atoms with Crippen LogP contribution >= 0.6 is 0 Å². The van der Waals surface area contributed by atoms with Gasteiger partial charge in [0.25, 0.3) is 0 Å². The number of nitrogens with zero attached hydrogens (tertiary/aromatic N) is 1. The normalized spacial score (nSPS) is 15.8. The van der Waals surface area contributed by atoms with Crippen molar-refractivity contribution in [2.24, 2.45) is 5.92 Å². The van der Waals surface area contributed by atoms with Crippen LogP contribution in [0.25, 0.3) is 11.3 Å². The van der Waals surface area contributed by atoms with Crippen molar-refractivity contribution in [3.63, 3.8) is 0 Å². The Morgan fingerprint density at radius 3 is 2.58 bits per heavy atom. The molecule has 2 heterocycles. The highest BCUT2D eigenvalue weighted by atomic mass is 19.4. The minimum absolute atomic E-state index is 0.123. The minimum atomic E-state index is -4.83. The van der Waals surface area contributed by atoms with Crippen LogP contribution in [0.15, 0.2) is 48.5 Å². The van der Waals surface area contributed by atoms with Crippen molar-refractivity contribution in [1.29, 1.82) is 0 Å². The number of carbonyl (C=O) groups excluding carboxylic acids is 1. The number of halogens is 4. The summed E-state index contributed by atoms with van der Waals surface area (Å²) in [6.45, 7) is 1.53. The van der Waals surface area contributed by atoms with Crippen molar-refractivity contribution in [3.8, 4) is 28.5 Å². The number of pyridine rings is 1. The second kappa shape index (κ2) is 10.0. The van der Waals surface area contributed by atoms with E-state index in [4.69, 9.17) is 18.9 Å². The van der Waals surface area contributed by atoms with Crippen molar-refractivity contribution < 1.29 is 41.3 Å². The smallest absolute Gasteiger partial charge is 0.433 e. The first-order chi connectivity index (χ1) is 17.1. The maximum absolute atomic E-state index is 14.4. The predicted molar refractivity (Wildman–Crippen MR) is 121 cm³/mol. The van der Waals surface area contributed by atoms with E-state index in [0.29, 0.717) is 12.2 Å². The SMILES string of the molecule is COC(=O)C(C)Cc1ccc2c(c1)OC(c1ccc(-c3cc(OC)ccc3F)nc1C(F)(F)F)CO2. The van der Waals surface area contributed by atoms with E-state index in [0.717, 1.165) is 11.6 Å². The Bertz CT molecular complexity index is 1280. The number of benzene rings is 2. The molecule has 0 fully saturated rings. The van der Waals surface area contributed by atoms with Gasteiger partial charge in [0.05, 0.1) is 25.8 Å². The van der Waals surface area contributed by atoms with Crippen molar-refractivity contribution in [3.05, 3.63) is 71.2 Å². The van der Waals surface area contributed by atoms with Gasteiger partial charge in [0, 0.05) is 11.1 Å². The van der Waals surface area contributed by atoms with E-state index in [1.807, 2.05) is 0 Å². The highest BCUT2D eigenvalue weighted by Gasteiger charge is 2.39. The maximum atomic E-state index is 14.4. The van der Waals surface area contributed by atoms with Crippen molar-refractivity contribution in [1.82, 2.24) is 4.98 Å². The summed E-state index contributed by atoms with van der Waals surface area (Å²) in [4.78, 5) is 15.5. The molecule has 190 valence electrons. The lowest BCUT2D eigenvalue weighted by molar-refractivity contribution is -0.145. The summed E-state index contributed by atoms with van der Waals surface area (Å²) in [5, 5.41) is 0. The highest BCUT2D eigenvalue weighted by Crippen LogP contribution is 2.42. The van der Waals surface area contributed by atoms with Crippen molar-refractivity contribution in [2.45, 2.75) is 25.6 Å². The molecule has 1 aliphatic rings. The van der Waals surface area contributed by atoms with Gasteiger partial charge in [-0.3, -0.25) is 4.79 Å². The molecule has 0 bridgehead atoms. The molecule has 0 N–H and O–H groups in total. The van der Waals surface area contributed by atoms with Gasteiger partial charge in [-0.25, -0.2) is 9.37 Å². The Labute approximate surface area is 204 Å². The summed E-state index contributed by atoms with van der Waals surface area (Å²) in [6.07, 6.45) is -5.59. The van der Waals surface area contributed by atoms with Gasteiger partial charge in [-0.1, -0.05) is 19.1 Å². The molecule has 0 amide bonds. The lowest BCUT2D eigenvalue weighted by atomic mass is 10.00. The van der Waals surface area contributed by atoms with E-state index in [1.54, 1.807) is 25.1 Å². The quantitative estimate of drug-likeness (QED) is 0.313. The summed E-state index contributed by atoms with van der Waals surface area (Å²) in [6, 6.07) is 11.3. The van der Waals surface area contributed by atoms with Gasteiger partial charge in [-0.15, -0.1) is 0 Å². The molecule has 2 atom stereocenters. The summed E-state index contributed by atoms with van der Waals surface area (Å²) < 4.78 is 77.9. The molecule has 0 saturated carbocycles. The van der Waals surface area contributed by atoms with Crippen LogP contribution in [0.5, 0.6) is 17.2 Å². The first-order valence-corrected chi connectivity index (χ1v) is 11.0. The number of aromatic nitrogens is 1. The fourth-order valence-electron chi connectivity index (χ4n) is 3.97. The predicted octanol–water partition coefficient (Wildman–Crippen LogP) is 5.78. The van der Waals surface area contributed by atoms with Crippen molar-refractivity contribution >= 4 is 5.97 Å². The molecule has 1 aromatic heterocycles. The number of alkyl halides is 3. The van der Waals surface area contributed by atoms with Crippen molar-refractivity contribution in [2.75, 3.05) is 20.8 Å². The molecule has 1 aliphatic heterocycles. The third-order valence-corrected chi connectivity index (χ3v) is 5.80. The van der Waals surface area contributed by atoms with Gasteiger partial charge in [0.2, 0.25) is 0 Å². The average Bonchev–Trinajstić information content (AvgIpc) is 2.87. The van der Waals surface area contributed by atoms with Crippen LogP contribution in [0.3, 0.4) is 0 Å². The average molecular weight is 505 g/mol. The topological polar surface area (TPSA) is 66.9 Å². The third kappa shape index (κ3) is 5.22. The summed E-state index contributed by atoms with van der Waals surface area (Å²) in [5.74, 6) is -0.628. The molecule has 36 heavy (non-hydrogen) atoms. The Balaban J connectivity index is 1.67. The van der Waals surface area contributed by atoms with E-state index in [9.17, 15) is 22.4 Å². The summed E-state index contributed by atoms with van der Waals surface area (Å²) in [7, 11) is 2.67. The van der Waals surface area contributed by atoms with Gasteiger partial charge in [0.15, 0.2) is 23.3 Å². The number of carbonyl (C=O) groups is 1. The van der Waals surface area contributed by atoms with Gasteiger partial charge in [-0.2, -0.15) is 13.2 Å². The zero-order valence-corrected chi connectivity index (χ0v) is 19.7. The Hall–Kier alpha value is -3.82. The molecule has 0 spiro atoms. The van der Waals surface area contributed by atoms with Crippen LogP contribution in [0.1, 0.15) is 29.8 Å². The first kappa shape index (κ1) is 25.3. The zero-order valence-electron chi connectivity index (χ0n) is 19.7. The summed E-state index contributed by atoms with van der Waals surface area (Å²) in [5.41, 5.74) is -1.03. The number of ether oxygens (including phenoxy) is 4. The minimum Gasteiger partial charge on any atom is -0.497 e. The van der Waals surface area contributed by atoms with Crippen LogP contribution < -0.4 is 14.2 Å². The lowest BCUT2D eigenvalue weighted by Crippen LogP contribution is -2.25. The van der Waals surface area contributed by atoms with Gasteiger partial charge in [-0.05, 0) is 48.4 Å². The summed E-state index contributed by atoms with van der Waals surface area (Å²) >= 11 is 0. The molecule has 3 aromatic rings. The fourth-order valence-corrected chi connectivity index (χ4v) is 3.97. The van der Waals surface area contributed by atoms with E-state index in [2.05, 4.69) is 4.98 Å². The first-order valence-electron chi connectivity index (χ1n) is 11.0. The zero-order chi connectivity index (χ0) is 26.0. The molecule has 2 aromatic carbocycles. The van der Waals surface area contributed by atoms with Crippen LogP contribution in [0.2, 0.25) is 0 Å². The van der Waals surface area contributed by atoms with E-state index >= 15 is 0 Å². The Morgan fingerprint density at radius 1 is 1.11 bits per heavy atom. The number of hydrogen-bond acceptors (Lipinski definition) is 6. The monoisotopic (exact) mass is 505 g/mol. The standard InChI is InChI=1S/C26H23F4NO5/c1-14(25(32)34-3)10-15-4-9-21-22(11-15)36-23(13-35-21)17-6-8-20(31-24(17)26(28,29)30)18-12-16(33-2)5-7-19(18)27/h4-9,11-12,14,23H,10,13H2,1-3H3. The van der Waals surface area contributed by atoms with E-state index in [-0.39, 0.29) is 40.9 Å². The third-order valence-electron chi connectivity index (χ3n) is 5.80. The molecule has 0 radical (unpaired) electrons. The second-order valence-corrected chi connectivity index (χ2v) is 8.30. The molecule has 10 heteroatoms. The van der Waals surface area contributed by atoms with Crippen LogP contribution in [-0.4, -0.2) is 31.8 Å². The van der Waals surface area contributed by atoms with Gasteiger partial charge in [0.1, 0.15) is 18.2 Å². The number of hydrogen-bond donors (Lipinski definition) is 0. The molecular weight excluding hydrogens is 482 g/mol.